The summed E-state index contributed by atoms with van der Waals surface area (Å²) in [7, 11) is 0. The minimum absolute atomic E-state index is 0. The summed E-state index contributed by atoms with van der Waals surface area (Å²) >= 11 is 1.81. The zero-order valence-corrected chi connectivity index (χ0v) is 17.4. The van der Waals surface area contributed by atoms with Gasteiger partial charge in [0, 0.05) is 30.9 Å². The maximum atomic E-state index is 12.1. The van der Waals surface area contributed by atoms with Crippen LogP contribution in [0.25, 0.3) is 0 Å². The predicted molar refractivity (Wildman–Crippen MR) is 107 cm³/mol. The van der Waals surface area contributed by atoms with Gasteiger partial charge in [-0.3, -0.25) is 4.79 Å². The summed E-state index contributed by atoms with van der Waals surface area (Å²) in [6, 6.07) is 0. The molecule has 0 aromatic heterocycles. The molecular formula is C15H31IN4OS. The van der Waals surface area contributed by atoms with Crippen molar-refractivity contribution in [2.75, 3.05) is 39.0 Å². The highest BCUT2D eigenvalue weighted by atomic mass is 127. The number of nitrogens with zero attached hydrogens (tertiary/aromatic N) is 2. The SMILES string of the molecule is CCNC(=NCC(=O)N1CCCCC1)NCC(C)(C)SC.I. The number of piperidine rings is 1. The van der Waals surface area contributed by atoms with Crippen LogP contribution >= 0.6 is 35.7 Å². The fraction of sp³-hybridized carbons (Fsp3) is 0.867. The van der Waals surface area contributed by atoms with Crippen LogP contribution in [0, 0.1) is 0 Å². The van der Waals surface area contributed by atoms with Gasteiger partial charge in [0.25, 0.3) is 0 Å². The van der Waals surface area contributed by atoms with Gasteiger partial charge in [0.1, 0.15) is 6.54 Å². The van der Waals surface area contributed by atoms with Crippen molar-refractivity contribution in [2.24, 2.45) is 4.99 Å². The van der Waals surface area contributed by atoms with Gasteiger partial charge in [-0.1, -0.05) is 0 Å². The molecule has 22 heavy (non-hydrogen) atoms. The highest BCUT2D eigenvalue weighted by Gasteiger charge is 2.18. The second kappa shape index (κ2) is 11.4. The molecule has 5 nitrogen and oxygen atoms in total. The number of amides is 1. The minimum Gasteiger partial charge on any atom is -0.357 e. The van der Waals surface area contributed by atoms with E-state index in [9.17, 15) is 4.79 Å². The summed E-state index contributed by atoms with van der Waals surface area (Å²) in [4.78, 5) is 18.5. The van der Waals surface area contributed by atoms with Crippen LogP contribution in [0.1, 0.15) is 40.0 Å². The van der Waals surface area contributed by atoms with E-state index in [0.717, 1.165) is 45.0 Å². The Morgan fingerprint density at radius 1 is 1.23 bits per heavy atom. The summed E-state index contributed by atoms with van der Waals surface area (Å²) in [5, 5.41) is 6.51. The third-order valence-electron chi connectivity index (χ3n) is 3.66. The van der Waals surface area contributed by atoms with Crippen LogP contribution in [0.15, 0.2) is 4.99 Å². The van der Waals surface area contributed by atoms with Gasteiger partial charge in [0.2, 0.25) is 5.91 Å². The molecule has 7 heteroatoms. The van der Waals surface area contributed by atoms with Crippen molar-refractivity contribution < 1.29 is 4.79 Å². The lowest BCUT2D eigenvalue weighted by Gasteiger charge is -2.26. The van der Waals surface area contributed by atoms with Crippen molar-refractivity contribution >= 4 is 47.6 Å². The first kappa shape index (κ1) is 21.8. The summed E-state index contributed by atoms with van der Waals surface area (Å²) in [5.41, 5.74) is 0. The molecule has 0 aliphatic carbocycles. The molecule has 0 aromatic rings. The lowest BCUT2D eigenvalue weighted by atomic mass is 10.1. The molecule has 0 radical (unpaired) electrons. The summed E-state index contributed by atoms with van der Waals surface area (Å²) < 4.78 is 0.146. The lowest BCUT2D eigenvalue weighted by Crippen LogP contribution is -2.44. The number of rotatable bonds is 6. The zero-order chi connectivity index (χ0) is 15.7. The highest BCUT2D eigenvalue weighted by Crippen LogP contribution is 2.19. The summed E-state index contributed by atoms with van der Waals surface area (Å²) in [5.74, 6) is 0.862. The average molecular weight is 442 g/mol. The van der Waals surface area contributed by atoms with Crippen LogP contribution in [0.5, 0.6) is 0 Å². The standard InChI is InChI=1S/C15H30N4OS.HI/c1-5-16-14(18-12-15(2,3)21-4)17-11-13(20)19-9-7-6-8-10-19;/h5-12H2,1-4H3,(H2,16,17,18);1H. The van der Waals surface area contributed by atoms with E-state index in [0.29, 0.717) is 0 Å². The van der Waals surface area contributed by atoms with Crippen LogP contribution < -0.4 is 10.6 Å². The van der Waals surface area contributed by atoms with Gasteiger partial charge in [-0.05, 0) is 46.3 Å². The molecular weight excluding hydrogens is 411 g/mol. The molecule has 1 saturated heterocycles. The summed E-state index contributed by atoms with van der Waals surface area (Å²) in [6.45, 7) is 10.0. The van der Waals surface area contributed by atoms with Gasteiger partial charge in [-0.25, -0.2) is 4.99 Å². The monoisotopic (exact) mass is 442 g/mol. The number of carbonyl (C=O) groups excluding carboxylic acids is 1. The first-order chi connectivity index (χ1) is 9.98. The van der Waals surface area contributed by atoms with E-state index in [1.807, 2.05) is 23.6 Å². The molecule has 1 rings (SSSR count). The van der Waals surface area contributed by atoms with E-state index in [1.165, 1.54) is 6.42 Å². The molecule has 0 saturated carbocycles. The van der Waals surface area contributed by atoms with Crippen molar-refractivity contribution in [3.8, 4) is 0 Å². The van der Waals surface area contributed by atoms with Gasteiger partial charge < -0.3 is 15.5 Å². The highest BCUT2D eigenvalue weighted by molar-refractivity contribution is 14.0. The molecule has 1 fully saturated rings. The molecule has 1 aliphatic heterocycles. The van der Waals surface area contributed by atoms with Gasteiger partial charge in [-0.15, -0.1) is 24.0 Å². The van der Waals surface area contributed by atoms with Gasteiger partial charge in [0.15, 0.2) is 5.96 Å². The van der Waals surface area contributed by atoms with Crippen LogP contribution in [-0.4, -0.2) is 60.5 Å². The number of likely N-dealkylation sites (tertiary alicyclic amines) is 1. The Morgan fingerprint density at radius 3 is 2.41 bits per heavy atom. The van der Waals surface area contributed by atoms with E-state index in [2.05, 4.69) is 35.7 Å². The fourth-order valence-corrected chi connectivity index (χ4v) is 2.32. The quantitative estimate of drug-likeness (QED) is 0.377. The van der Waals surface area contributed by atoms with Crippen LogP contribution in [0.3, 0.4) is 0 Å². The van der Waals surface area contributed by atoms with E-state index in [4.69, 9.17) is 0 Å². The van der Waals surface area contributed by atoms with Crippen molar-refractivity contribution in [2.45, 2.75) is 44.8 Å². The topological polar surface area (TPSA) is 56.7 Å². The van der Waals surface area contributed by atoms with Gasteiger partial charge in [0.05, 0.1) is 0 Å². The molecule has 0 aromatic carbocycles. The van der Waals surface area contributed by atoms with Crippen LogP contribution in [0.2, 0.25) is 0 Å². The summed E-state index contributed by atoms with van der Waals surface area (Å²) in [6.07, 6.45) is 5.58. The second-order valence-electron chi connectivity index (χ2n) is 5.95. The number of carbonyl (C=O) groups is 1. The second-order valence-corrected chi connectivity index (χ2v) is 7.47. The van der Waals surface area contributed by atoms with E-state index < -0.39 is 0 Å². The molecule has 0 spiro atoms. The number of thioether (sulfide) groups is 1. The molecule has 0 atom stereocenters. The van der Waals surface area contributed by atoms with Crippen molar-refractivity contribution in [3.05, 3.63) is 0 Å². The fourth-order valence-electron chi connectivity index (χ4n) is 2.10. The Kier molecular flexibility index (Phi) is 11.3. The molecule has 130 valence electrons. The normalized spacial score (nSPS) is 16.0. The Hall–Kier alpha value is -0.180. The van der Waals surface area contributed by atoms with Gasteiger partial charge >= 0.3 is 0 Å². The predicted octanol–water partition coefficient (Wildman–Crippen LogP) is 2.31. The van der Waals surface area contributed by atoms with Crippen molar-refractivity contribution in [1.82, 2.24) is 15.5 Å². The third kappa shape index (κ3) is 8.45. The number of hydrogen-bond donors (Lipinski definition) is 2. The third-order valence-corrected chi connectivity index (χ3v) is 4.91. The first-order valence-corrected chi connectivity index (χ1v) is 9.06. The van der Waals surface area contributed by atoms with E-state index >= 15 is 0 Å². The number of halogens is 1. The first-order valence-electron chi connectivity index (χ1n) is 7.83. The largest absolute Gasteiger partial charge is 0.357 e. The maximum Gasteiger partial charge on any atom is 0.244 e. The number of nitrogens with one attached hydrogen (secondary N) is 2. The van der Waals surface area contributed by atoms with E-state index in [-0.39, 0.29) is 41.2 Å². The van der Waals surface area contributed by atoms with Crippen molar-refractivity contribution in [1.29, 1.82) is 0 Å². The molecule has 2 N–H and O–H groups in total. The molecule has 1 heterocycles. The molecule has 1 aliphatic rings. The Labute approximate surface area is 156 Å². The number of guanidine groups is 1. The molecule has 1 amide bonds. The average Bonchev–Trinajstić information content (AvgIpc) is 2.50. The number of hydrogen-bond acceptors (Lipinski definition) is 3. The molecule has 0 unspecified atom stereocenters. The maximum absolute atomic E-state index is 12.1. The minimum atomic E-state index is 0. The van der Waals surface area contributed by atoms with Gasteiger partial charge in [-0.2, -0.15) is 11.8 Å². The Bertz CT molecular complexity index is 357. The van der Waals surface area contributed by atoms with Crippen LogP contribution in [-0.2, 0) is 4.79 Å². The lowest BCUT2D eigenvalue weighted by molar-refractivity contribution is -0.130. The number of aliphatic imine (C=N–C) groups is 1. The Balaban J connectivity index is 0.00000441. The van der Waals surface area contributed by atoms with Crippen molar-refractivity contribution in [3.63, 3.8) is 0 Å². The van der Waals surface area contributed by atoms with E-state index in [1.54, 1.807) is 0 Å². The smallest absolute Gasteiger partial charge is 0.244 e. The van der Waals surface area contributed by atoms with Crippen LogP contribution in [0.4, 0.5) is 0 Å². The Morgan fingerprint density at radius 2 is 1.86 bits per heavy atom. The molecule has 0 bridgehead atoms. The zero-order valence-electron chi connectivity index (χ0n) is 14.3.